The molecule has 2 aliphatic heterocycles. The Hall–Kier alpha value is -1.10. The van der Waals surface area contributed by atoms with Crippen molar-refractivity contribution in [3.05, 3.63) is 0 Å². The first-order chi connectivity index (χ1) is 14.0. The zero-order valence-corrected chi connectivity index (χ0v) is 21.3. The first kappa shape index (κ1) is 27.9. The predicted octanol–water partition coefficient (Wildman–Crippen LogP) is -5.53. The molecule has 2 fully saturated rings. The topological polar surface area (TPSA) is 176 Å². The molecule has 0 aliphatic carbocycles. The maximum absolute atomic E-state index is 12.4. The van der Waals surface area contributed by atoms with E-state index in [1.807, 2.05) is 0 Å². The number of hydrogen-bond acceptors (Lipinski definition) is 9. The smallest absolute Gasteiger partial charge is 0.731 e. The van der Waals surface area contributed by atoms with Gasteiger partial charge in [0, 0.05) is 19.6 Å². The van der Waals surface area contributed by atoms with E-state index in [0.29, 0.717) is 11.4 Å². The summed E-state index contributed by atoms with van der Waals surface area (Å²) < 4.78 is 33.4. The molecule has 1 unspecified atom stereocenters. The van der Waals surface area contributed by atoms with Crippen molar-refractivity contribution < 1.29 is 66.5 Å². The number of urea groups is 1. The monoisotopic (exact) mass is 507 g/mol. The SMILES string of the molecule is CCN1CCN(C(=O)NC(CCl)C(=O)N[C@@H]2C(=O)N(S(=O)(=O)[O-])[C@@H]2SC)C(=O)C1=O.[Na+]. The van der Waals surface area contributed by atoms with Crippen LogP contribution in [0.1, 0.15) is 6.92 Å². The quantitative estimate of drug-likeness (QED) is 0.112. The number of amides is 6. The average Bonchev–Trinajstić information content (AvgIpc) is 2.68. The number of thioether (sulfide) groups is 1. The predicted molar refractivity (Wildman–Crippen MR) is 103 cm³/mol. The molecule has 17 heteroatoms. The summed E-state index contributed by atoms with van der Waals surface area (Å²) in [4.78, 5) is 62.6. The number of piperazine rings is 1. The van der Waals surface area contributed by atoms with E-state index < -0.39 is 63.3 Å². The second-order valence-corrected chi connectivity index (χ2v) is 8.71. The first-order valence-electron chi connectivity index (χ1n) is 8.57. The Labute approximate surface area is 209 Å². The molecule has 2 saturated heterocycles. The molecular weight excluding hydrogens is 489 g/mol. The van der Waals surface area contributed by atoms with E-state index in [1.54, 1.807) is 6.92 Å². The fraction of sp³-hybridized carbons (Fsp3) is 0.643. The molecular formula is C14H19ClN5NaO8S2. The molecule has 3 atom stereocenters. The Bertz CT molecular complexity index is 875. The van der Waals surface area contributed by atoms with Crippen molar-refractivity contribution in [2.24, 2.45) is 0 Å². The van der Waals surface area contributed by atoms with E-state index >= 15 is 0 Å². The zero-order valence-electron chi connectivity index (χ0n) is 16.9. The van der Waals surface area contributed by atoms with Crippen molar-refractivity contribution in [1.82, 2.24) is 24.7 Å². The third-order valence-corrected chi connectivity index (χ3v) is 6.78. The number of imide groups is 1. The minimum absolute atomic E-state index is 0. The van der Waals surface area contributed by atoms with Crippen molar-refractivity contribution in [3.63, 3.8) is 0 Å². The largest absolute Gasteiger partial charge is 1.00 e. The molecule has 2 aliphatic rings. The van der Waals surface area contributed by atoms with Crippen molar-refractivity contribution in [3.8, 4) is 0 Å². The van der Waals surface area contributed by atoms with Gasteiger partial charge in [-0.1, -0.05) is 0 Å². The summed E-state index contributed by atoms with van der Waals surface area (Å²) in [6.07, 6.45) is 1.44. The summed E-state index contributed by atoms with van der Waals surface area (Å²) in [7, 11) is -5.04. The summed E-state index contributed by atoms with van der Waals surface area (Å²) >= 11 is 6.56. The summed E-state index contributed by atoms with van der Waals surface area (Å²) in [6.45, 7) is 2.04. The Morgan fingerprint density at radius 2 is 1.87 bits per heavy atom. The van der Waals surface area contributed by atoms with Crippen molar-refractivity contribution in [2.45, 2.75) is 24.4 Å². The Balaban J connectivity index is 0.00000480. The maximum atomic E-state index is 12.4. The van der Waals surface area contributed by atoms with Crippen LogP contribution in [-0.4, -0.2) is 106 Å². The molecule has 13 nitrogen and oxygen atoms in total. The molecule has 0 aromatic rings. The van der Waals surface area contributed by atoms with Crippen molar-refractivity contribution in [2.75, 3.05) is 31.8 Å². The number of nitrogens with zero attached hydrogens (tertiary/aromatic N) is 3. The number of hydrogen-bond donors (Lipinski definition) is 2. The van der Waals surface area contributed by atoms with Crippen LogP contribution >= 0.6 is 23.4 Å². The molecule has 0 saturated carbocycles. The standard InChI is InChI=1S/C14H20ClN5O8S2.Na/c1-3-18-4-5-19(12(24)11(18)23)14(25)16-7(6-15)9(21)17-8-10(22)20(13(8)29-2)30(26,27)28;/h7-8,13H,3-6H2,1-2H3,(H,16,25)(H,17,21)(H,26,27,28);/q;+1/p-1/t7?,8-,13-;/m1./s1. The van der Waals surface area contributed by atoms with Crippen LogP contribution in [0.25, 0.3) is 0 Å². The van der Waals surface area contributed by atoms with Gasteiger partial charge in [0.05, 0.1) is 5.88 Å². The van der Waals surface area contributed by atoms with Gasteiger partial charge in [0.1, 0.15) is 17.5 Å². The summed E-state index contributed by atoms with van der Waals surface area (Å²) in [5.74, 6) is -4.39. The van der Waals surface area contributed by atoms with Crippen LogP contribution in [-0.2, 0) is 29.5 Å². The van der Waals surface area contributed by atoms with E-state index in [4.69, 9.17) is 11.6 Å². The third-order valence-electron chi connectivity index (χ3n) is 4.48. The van der Waals surface area contributed by atoms with Crippen LogP contribution in [0.3, 0.4) is 0 Å². The second-order valence-electron chi connectivity index (χ2n) is 6.20. The molecule has 168 valence electrons. The van der Waals surface area contributed by atoms with Gasteiger partial charge >= 0.3 is 47.4 Å². The molecule has 31 heavy (non-hydrogen) atoms. The van der Waals surface area contributed by atoms with Crippen LogP contribution in [0.15, 0.2) is 0 Å². The van der Waals surface area contributed by atoms with E-state index in [1.165, 1.54) is 11.2 Å². The fourth-order valence-electron chi connectivity index (χ4n) is 2.87. The second kappa shape index (κ2) is 11.2. The summed E-state index contributed by atoms with van der Waals surface area (Å²) in [5, 5.41) is 3.29. The number of rotatable bonds is 7. The van der Waals surface area contributed by atoms with Gasteiger partial charge in [-0.05, 0) is 13.2 Å². The minimum atomic E-state index is -5.04. The maximum Gasteiger partial charge on any atom is 1.00 e. The fourth-order valence-corrected chi connectivity index (χ4v) is 5.12. The number of alkyl halides is 1. The Morgan fingerprint density at radius 3 is 2.35 bits per heavy atom. The van der Waals surface area contributed by atoms with Crippen LogP contribution in [0.4, 0.5) is 4.79 Å². The van der Waals surface area contributed by atoms with Crippen LogP contribution < -0.4 is 40.2 Å². The summed E-state index contributed by atoms with van der Waals surface area (Å²) in [6, 6.07) is -3.72. The van der Waals surface area contributed by atoms with Crippen molar-refractivity contribution in [1.29, 1.82) is 0 Å². The molecule has 0 radical (unpaired) electrons. The average molecular weight is 508 g/mol. The number of carbonyl (C=O) groups excluding carboxylic acids is 5. The van der Waals surface area contributed by atoms with Gasteiger partial charge in [-0.25, -0.2) is 17.5 Å². The van der Waals surface area contributed by atoms with Crippen LogP contribution in [0.5, 0.6) is 0 Å². The number of likely N-dealkylation sites (N-methyl/N-ethyl adjacent to an activating group) is 1. The summed E-state index contributed by atoms with van der Waals surface area (Å²) in [5.41, 5.74) is 0. The Morgan fingerprint density at radius 1 is 1.26 bits per heavy atom. The van der Waals surface area contributed by atoms with E-state index in [9.17, 15) is 36.9 Å². The third kappa shape index (κ3) is 5.83. The van der Waals surface area contributed by atoms with Gasteiger partial charge in [-0.2, -0.15) is 0 Å². The van der Waals surface area contributed by atoms with E-state index in [2.05, 4.69) is 10.6 Å². The Kier molecular flexibility index (Phi) is 10.1. The molecule has 6 amide bonds. The van der Waals surface area contributed by atoms with E-state index in [-0.39, 0.29) is 47.0 Å². The van der Waals surface area contributed by atoms with Crippen molar-refractivity contribution >= 4 is 63.3 Å². The van der Waals surface area contributed by atoms with Gasteiger partial charge in [0.25, 0.3) is 5.91 Å². The molecule has 2 N–H and O–H groups in total. The van der Waals surface area contributed by atoms with Crippen LogP contribution in [0, 0.1) is 0 Å². The van der Waals surface area contributed by atoms with Gasteiger partial charge < -0.3 is 20.1 Å². The minimum Gasteiger partial charge on any atom is -0.731 e. The number of halogens is 1. The van der Waals surface area contributed by atoms with Gasteiger partial charge in [-0.15, -0.1) is 23.4 Å². The molecule has 0 bridgehead atoms. The number of β-lactam (4-membered cyclic amide) rings is 1. The zero-order chi connectivity index (χ0) is 22.8. The van der Waals surface area contributed by atoms with Gasteiger partial charge in [-0.3, -0.25) is 24.1 Å². The number of nitrogens with one attached hydrogen (secondary N) is 2. The van der Waals surface area contributed by atoms with Gasteiger partial charge in [0.15, 0.2) is 10.3 Å². The molecule has 0 aromatic carbocycles. The number of carbonyl (C=O) groups is 5. The van der Waals surface area contributed by atoms with E-state index in [0.717, 1.165) is 11.8 Å². The van der Waals surface area contributed by atoms with Gasteiger partial charge in [0.2, 0.25) is 5.91 Å². The molecule has 0 spiro atoms. The van der Waals surface area contributed by atoms with Crippen LogP contribution in [0.2, 0.25) is 0 Å². The molecule has 0 aromatic heterocycles. The first-order valence-corrected chi connectivity index (χ1v) is 11.8. The molecule has 2 rings (SSSR count). The normalized spacial score (nSPS) is 22.5. The molecule has 2 heterocycles.